The smallest absolute Gasteiger partial charge is 0.0813 e. The van der Waals surface area contributed by atoms with E-state index in [1.807, 2.05) is 11.3 Å². The van der Waals surface area contributed by atoms with Crippen LogP contribution >= 0.6 is 11.3 Å². The maximum absolute atomic E-state index is 4.88. The van der Waals surface area contributed by atoms with Crippen LogP contribution in [-0.4, -0.2) is 24.1 Å². The third kappa shape index (κ3) is 3.69. The monoisotopic (exact) mass is 353 g/mol. The van der Waals surface area contributed by atoms with Crippen LogP contribution in [0.3, 0.4) is 0 Å². The molecule has 1 heterocycles. The zero-order valence-electron chi connectivity index (χ0n) is 15.8. The van der Waals surface area contributed by atoms with Crippen LogP contribution in [-0.2, 0) is 0 Å². The van der Waals surface area contributed by atoms with Crippen molar-refractivity contribution in [3.05, 3.63) is 41.3 Å². The number of benzene rings is 2. The van der Waals surface area contributed by atoms with E-state index in [1.165, 1.54) is 20.8 Å². The number of hydrogen-bond donors (Lipinski definition) is 0. The van der Waals surface area contributed by atoms with E-state index in [0.29, 0.717) is 6.04 Å². The predicted molar refractivity (Wildman–Crippen MR) is 110 cm³/mol. The van der Waals surface area contributed by atoms with E-state index in [0.717, 1.165) is 36.1 Å². The van der Waals surface area contributed by atoms with Gasteiger partial charge in [-0.1, -0.05) is 6.92 Å². The van der Waals surface area contributed by atoms with Crippen molar-refractivity contribution < 1.29 is 0 Å². The van der Waals surface area contributed by atoms with E-state index in [4.69, 9.17) is 9.98 Å². The second-order valence-electron chi connectivity index (χ2n) is 6.53. The molecule has 4 heteroatoms. The first-order chi connectivity index (χ1) is 12.0. The molecule has 0 bridgehead atoms. The Hall–Kier alpha value is -1.94. The minimum absolute atomic E-state index is 0.354. The molecule has 0 spiro atoms. The lowest BCUT2D eigenvalue weighted by molar-refractivity contribution is 0.698. The van der Waals surface area contributed by atoms with E-state index in [2.05, 4.69) is 69.9 Å². The molecule has 0 amide bonds. The van der Waals surface area contributed by atoms with Crippen LogP contribution < -0.4 is 10.3 Å². The lowest BCUT2D eigenvalue weighted by Crippen LogP contribution is -2.22. The molecule has 25 heavy (non-hydrogen) atoms. The zero-order valence-corrected chi connectivity index (χ0v) is 16.7. The van der Waals surface area contributed by atoms with Gasteiger partial charge in [0.05, 0.1) is 26.1 Å². The molecule has 0 saturated carbocycles. The number of anilines is 1. The molecule has 3 rings (SSSR count). The molecule has 1 aliphatic heterocycles. The molecule has 1 unspecified atom stereocenters. The fourth-order valence-electron chi connectivity index (χ4n) is 3.09. The van der Waals surface area contributed by atoms with Gasteiger partial charge in [-0.3, -0.25) is 4.99 Å². The summed E-state index contributed by atoms with van der Waals surface area (Å²) in [4.78, 5) is 13.2. The van der Waals surface area contributed by atoms with Crippen LogP contribution in [0.1, 0.15) is 39.7 Å². The first-order valence-electron chi connectivity index (χ1n) is 9.19. The Kier molecular flexibility index (Phi) is 5.38. The second kappa shape index (κ2) is 7.52. The van der Waals surface area contributed by atoms with E-state index in [1.54, 1.807) is 0 Å². The standard InChI is InChI=1S/C21H27N3S/c1-6-15(5)22-16-9-10-17-20(12-16)25-21-13-19(24(7-2)8-3)14(4)11-18(21)23-17/h9-13,15H,6-8H2,1-5H3/b22-16-. The summed E-state index contributed by atoms with van der Waals surface area (Å²) in [5.41, 5.74) is 4.74. The summed E-state index contributed by atoms with van der Waals surface area (Å²) in [6, 6.07) is 11.2. The minimum atomic E-state index is 0.354. The lowest BCUT2D eigenvalue weighted by Gasteiger charge is -2.23. The van der Waals surface area contributed by atoms with Crippen molar-refractivity contribution in [3.8, 4) is 10.6 Å². The van der Waals surface area contributed by atoms with Crippen LogP contribution in [0, 0.1) is 6.92 Å². The van der Waals surface area contributed by atoms with Crippen molar-refractivity contribution in [3.63, 3.8) is 0 Å². The summed E-state index contributed by atoms with van der Waals surface area (Å²) in [7, 11) is 0. The van der Waals surface area contributed by atoms with Crippen molar-refractivity contribution in [1.82, 2.24) is 4.98 Å². The Morgan fingerprint density at radius 1 is 1.12 bits per heavy atom. The molecule has 0 saturated heterocycles. The van der Waals surface area contributed by atoms with Crippen LogP contribution in [0.4, 0.5) is 5.69 Å². The number of fused-ring (bicyclic) bond motifs is 2. The molecule has 2 aliphatic rings. The normalized spacial score (nSPS) is 13.6. The van der Waals surface area contributed by atoms with Gasteiger partial charge in [-0.2, -0.15) is 0 Å². The minimum Gasteiger partial charge on any atom is -0.372 e. The maximum Gasteiger partial charge on any atom is 0.0813 e. The third-order valence-corrected chi connectivity index (χ3v) is 5.84. The van der Waals surface area contributed by atoms with Gasteiger partial charge in [-0.15, -0.1) is 11.3 Å². The summed E-state index contributed by atoms with van der Waals surface area (Å²) in [5, 5.41) is 1.05. The Balaban J connectivity index is 2.17. The van der Waals surface area contributed by atoms with E-state index < -0.39 is 0 Å². The Bertz CT molecular complexity index is 909. The van der Waals surface area contributed by atoms with E-state index in [9.17, 15) is 0 Å². The number of rotatable bonds is 5. The van der Waals surface area contributed by atoms with Gasteiger partial charge in [0.15, 0.2) is 0 Å². The van der Waals surface area contributed by atoms with Gasteiger partial charge in [-0.05, 0) is 70.0 Å². The van der Waals surface area contributed by atoms with Gasteiger partial charge < -0.3 is 4.90 Å². The first kappa shape index (κ1) is 17.9. The van der Waals surface area contributed by atoms with Crippen molar-refractivity contribution in [2.45, 2.75) is 47.1 Å². The summed E-state index contributed by atoms with van der Waals surface area (Å²) in [5.74, 6) is 0. The van der Waals surface area contributed by atoms with Gasteiger partial charge in [0.1, 0.15) is 0 Å². The number of aromatic nitrogens is 1. The van der Waals surface area contributed by atoms with Crippen LogP contribution in [0.5, 0.6) is 0 Å². The van der Waals surface area contributed by atoms with Gasteiger partial charge in [-0.25, -0.2) is 4.98 Å². The molecular formula is C21H27N3S. The molecule has 132 valence electrons. The number of hydrogen-bond acceptors (Lipinski definition) is 4. The van der Waals surface area contributed by atoms with Crippen LogP contribution in [0.25, 0.3) is 20.8 Å². The van der Waals surface area contributed by atoms with Crippen molar-refractivity contribution in [1.29, 1.82) is 0 Å². The molecule has 0 radical (unpaired) electrons. The fraction of sp³-hybridized carbons (Fsp3) is 0.429. The average molecular weight is 354 g/mol. The van der Waals surface area contributed by atoms with Crippen LogP contribution in [0.15, 0.2) is 35.3 Å². The highest BCUT2D eigenvalue weighted by atomic mass is 32.1. The van der Waals surface area contributed by atoms with Gasteiger partial charge in [0.2, 0.25) is 0 Å². The van der Waals surface area contributed by atoms with Crippen molar-refractivity contribution in [2.75, 3.05) is 18.0 Å². The molecule has 0 fully saturated rings. The lowest BCUT2D eigenvalue weighted by atomic mass is 10.1. The molecule has 1 aromatic rings. The Morgan fingerprint density at radius 2 is 1.88 bits per heavy atom. The second-order valence-corrected chi connectivity index (χ2v) is 7.61. The highest BCUT2D eigenvalue weighted by molar-refractivity contribution is 7.21. The highest BCUT2D eigenvalue weighted by Crippen LogP contribution is 2.33. The van der Waals surface area contributed by atoms with Gasteiger partial charge in [0.25, 0.3) is 0 Å². The molecule has 0 aromatic heterocycles. The molecule has 1 aliphatic carbocycles. The van der Waals surface area contributed by atoms with E-state index >= 15 is 0 Å². The van der Waals surface area contributed by atoms with Crippen LogP contribution in [0.2, 0.25) is 0 Å². The molecule has 3 nitrogen and oxygen atoms in total. The van der Waals surface area contributed by atoms with Crippen molar-refractivity contribution in [2.24, 2.45) is 4.99 Å². The van der Waals surface area contributed by atoms with Crippen molar-refractivity contribution >= 4 is 27.2 Å². The number of nitrogens with zero attached hydrogens (tertiary/aromatic N) is 3. The first-order valence-corrected chi connectivity index (χ1v) is 10.0. The topological polar surface area (TPSA) is 28.5 Å². The molecular weight excluding hydrogens is 326 g/mol. The largest absolute Gasteiger partial charge is 0.372 e. The number of aryl methyl sites for hydroxylation is 1. The Labute approximate surface area is 154 Å². The third-order valence-electron chi connectivity index (χ3n) is 4.75. The summed E-state index contributed by atoms with van der Waals surface area (Å²) >= 11 is 1.81. The molecule has 1 aromatic carbocycles. The highest BCUT2D eigenvalue weighted by Gasteiger charge is 2.12. The quantitative estimate of drug-likeness (QED) is 0.586. The molecule has 1 atom stereocenters. The average Bonchev–Trinajstić information content (AvgIpc) is 2.61. The summed E-state index contributed by atoms with van der Waals surface area (Å²) in [6.07, 6.45) is 1.06. The predicted octanol–water partition coefficient (Wildman–Crippen LogP) is 5.25. The summed E-state index contributed by atoms with van der Waals surface area (Å²) < 4.78 is 1.24. The van der Waals surface area contributed by atoms with Gasteiger partial charge >= 0.3 is 0 Å². The van der Waals surface area contributed by atoms with Gasteiger partial charge in [0, 0.05) is 24.8 Å². The summed E-state index contributed by atoms with van der Waals surface area (Å²) in [6.45, 7) is 13.0. The fourth-order valence-corrected chi connectivity index (χ4v) is 4.10. The SMILES string of the molecule is CCC(C)/N=c1/ccc2nc3cc(C)c(N(CC)CC)cc3sc-2c1. The Morgan fingerprint density at radius 3 is 2.56 bits per heavy atom. The maximum atomic E-state index is 4.88. The van der Waals surface area contributed by atoms with E-state index in [-0.39, 0.29) is 0 Å². The molecule has 0 N–H and O–H groups in total. The zero-order chi connectivity index (χ0) is 18.0.